The molecule has 2 nitrogen and oxygen atoms in total. The smallest absolute Gasteiger partial charge is 0.119 e. The second kappa shape index (κ2) is 6.31. The van der Waals surface area contributed by atoms with Gasteiger partial charge in [0.05, 0.1) is 6.10 Å². The molecule has 0 aromatic heterocycles. The molecule has 1 atom stereocenters. The summed E-state index contributed by atoms with van der Waals surface area (Å²) in [6, 6.07) is 14.7. The highest BCUT2D eigenvalue weighted by molar-refractivity contribution is 5.35. The van der Waals surface area contributed by atoms with E-state index in [1.807, 2.05) is 24.3 Å². The molecule has 2 aromatic carbocycles. The molecule has 3 rings (SSSR count). The molecule has 0 heterocycles. The molecular weight excluding hydrogens is 260 g/mol. The Kier molecular flexibility index (Phi) is 4.26. The van der Waals surface area contributed by atoms with E-state index in [9.17, 15) is 5.11 Å². The van der Waals surface area contributed by atoms with Crippen LogP contribution in [0.1, 0.15) is 35.6 Å². The molecule has 0 fully saturated rings. The van der Waals surface area contributed by atoms with Gasteiger partial charge in [-0.05, 0) is 67.0 Å². The van der Waals surface area contributed by atoms with Crippen LogP contribution < -0.4 is 4.74 Å². The zero-order chi connectivity index (χ0) is 14.7. The van der Waals surface area contributed by atoms with Crippen LogP contribution in [0.25, 0.3) is 0 Å². The molecule has 0 bridgehead atoms. The lowest BCUT2D eigenvalue weighted by Gasteiger charge is -2.09. The van der Waals surface area contributed by atoms with Crippen molar-refractivity contribution >= 4 is 0 Å². The van der Waals surface area contributed by atoms with Crippen molar-refractivity contribution in [3.8, 4) is 5.75 Å². The zero-order valence-corrected chi connectivity index (χ0v) is 12.5. The van der Waals surface area contributed by atoms with Crippen LogP contribution in [-0.2, 0) is 25.9 Å². The van der Waals surface area contributed by atoms with Gasteiger partial charge in [0.15, 0.2) is 0 Å². The molecule has 0 saturated carbocycles. The Labute approximate surface area is 126 Å². The van der Waals surface area contributed by atoms with E-state index < -0.39 is 0 Å². The first-order valence-electron chi connectivity index (χ1n) is 7.71. The standard InChI is InChI=1S/C19H22O2/c1-14(20)11-15-6-9-19(10-7-15)21-13-16-5-8-17-3-2-4-18(17)12-16/h5-10,12,14,20H,2-4,11,13H2,1H3. The summed E-state index contributed by atoms with van der Waals surface area (Å²) in [6.07, 6.45) is 4.09. The second-order valence-electron chi connectivity index (χ2n) is 5.94. The predicted molar refractivity (Wildman–Crippen MR) is 84.6 cm³/mol. The SMILES string of the molecule is CC(O)Cc1ccc(OCc2ccc3c(c2)CCC3)cc1. The molecule has 1 N–H and O–H groups in total. The van der Waals surface area contributed by atoms with Gasteiger partial charge in [0.1, 0.15) is 12.4 Å². The van der Waals surface area contributed by atoms with Crippen molar-refractivity contribution in [3.05, 3.63) is 64.7 Å². The normalized spacial score (nSPS) is 14.8. The fraction of sp³-hybridized carbons (Fsp3) is 0.368. The van der Waals surface area contributed by atoms with E-state index in [2.05, 4.69) is 18.2 Å². The van der Waals surface area contributed by atoms with Crippen LogP contribution in [-0.4, -0.2) is 11.2 Å². The molecule has 0 amide bonds. The average Bonchev–Trinajstić information content (AvgIpc) is 2.93. The van der Waals surface area contributed by atoms with Gasteiger partial charge in [-0.3, -0.25) is 0 Å². The van der Waals surface area contributed by atoms with Crippen molar-refractivity contribution in [2.75, 3.05) is 0 Å². The number of rotatable bonds is 5. The maximum Gasteiger partial charge on any atom is 0.119 e. The van der Waals surface area contributed by atoms with E-state index >= 15 is 0 Å². The van der Waals surface area contributed by atoms with E-state index in [4.69, 9.17) is 4.74 Å². The van der Waals surface area contributed by atoms with Crippen LogP contribution in [0.4, 0.5) is 0 Å². The van der Waals surface area contributed by atoms with E-state index in [-0.39, 0.29) is 6.10 Å². The topological polar surface area (TPSA) is 29.5 Å². The number of aryl methyl sites for hydroxylation is 2. The minimum absolute atomic E-state index is 0.303. The van der Waals surface area contributed by atoms with Crippen molar-refractivity contribution in [1.29, 1.82) is 0 Å². The Morgan fingerprint density at radius 3 is 2.48 bits per heavy atom. The average molecular weight is 282 g/mol. The van der Waals surface area contributed by atoms with Crippen LogP contribution in [0, 0.1) is 0 Å². The van der Waals surface area contributed by atoms with E-state index in [1.54, 1.807) is 6.92 Å². The highest BCUT2D eigenvalue weighted by Gasteiger charge is 2.10. The molecular formula is C19H22O2. The van der Waals surface area contributed by atoms with Crippen molar-refractivity contribution in [2.24, 2.45) is 0 Å². The molecule has 2 heteroatoms. The highest BCUT2D eigenvalue weighted by atomic mass is 16.5. The summed E-state index contributed by atoms with van der Waals surface area (Å²) in [7, 11) is 0. The molecule has 21 heavy (non-hydrogen) atoms. The fourth-order valence-electron chi connectivity index (χ4n) is 2.94. The number of ether oxygens (including phenoxy) is 1. The highest BCUT2D eigenvalue weighted by Crippen LogP contribution is 2.23. The van der Waals surface area contributed by atoms with Gasteiger partial charge in [-0.2, -0.15) is 0 Å². The Hall–Kier alpha value is -1.80. The van der Waals surface area contributed by atoms with Gasteiger partial charge in [0, 0.05) is 0 Å². The second-order valence-corrected chi connectivity index (χ2v) is 5.94. The van der Waals surface area contributed by atoms with Gasteiger partial charge < -0.3 is 9.84 Å². The van der Waals surface area contributed by atoms with Crippen LogP contribution in [0.5, 0.6) is 5.75 Å². The number of hydrogen-bond acceptors (Lipinski definition) is 2. The predicted octanol–water partition coefficient (Wildman–Crippen LogP) is 3.68. The summed E-state index contributed by atoms with van der Waals surface area (Å²) in [5.41, 5.74) is 5.36. The third kappa shape index (κ3) is 3.64. The van der Waals surface area contributed by atoms with E-state index in [0.29, 0.717) is 13.0 Å². The summed E-state index contributed by atoms with van der Waals surface area (Å²) < 4.78 is 5.85. The number of fused-ring (bicyclic) bond motifs is 1. The van der Waals surface area contributed by atoms with Gasteiger partial charge in [0.25, 0.3) is 0 Å². The van der Waals surface area contributed by atoms with Gasteiger partial charge in [-0.25, -0.2) is 0 Å². The molecule has 0 aliphatic heterocycles. The van der Waals surface area contributed by atoms with E-state index in [1.165, 1.54) is 36.0 Å². The third-order valence-electron chi connectivity index (χ3n) is 4.02. The molecule has 2 aromatic rings. The quantitative estimate of drug-likeness (QED) is 0.906. The van der Waals surface area contributed by atoms with Crippen LogP contribution in [0.15, 0.2) is 42.5 Å². The first-order chi connectivity index (χ1) is 10.2. The number of benzene rings is 2. The monoisotopic (exact) mass is 282 g/mol. The van der Waals surface area contributed by atoms with Crippen LogP contribution in [0.2, 0.25) is 0 Å². The largest absolute Gasteiger partial charge is 0.489 e. The lowest BCUT2D eigenvalue weighted by molar-refractivity contribution is 0.195. The summed E-state index contributed by atoms with van der Waals surface area (Å²) in [4.78, 5) is 0. The van der Waals surface area contributed by atoms with Crippen molar-refractivity contribution in [2.45, 2.75) is 45.3 Å². The fourth-order valence-corrected chi connectivity index (χ4v) is 2.94. The molecule has 0 spiro atoms. The van der Waals surface area contributed by atoms with Crippen molar-refractivity contribution in [3.63, 3.8) is 0 Å². The maximum absolute atomic E-state index is 9.37. The summed E-state index contributed by atoms with van der Waals surface area (Å²) in [5, 5.41) is 9.37. The Morgan fingerprint density at radius 2 is 1.71 bits per heavy atom. The Morgan fingerprint density at radius 1 is 1.00 bits per heavy atom. The van der Waals surface area contributed by atoms with Gasteiger partial charge >= 0.3 is 0 Å². The summed E-state index contributed by atoms with van der Waals surface area (Å²) >= 11 is 0. The Bertz CT molecular complexity index is 599. The molecule has 0 radical (unpaired) electrons. The van der Waals surface area contributed by atoms with Crippen LogP contribution >= 0.6 is 0 Å². The first-order valence-corrected chi connectivity index (χ1v) is 7.71. The van der Waals surface area contributed by atoms with E-state index in [0.717, 1.165) is 11.3 Å². The minimum Gasteiger partial charge on any atom is -0.489 e. The van der Waals surface area contributed by atoms with Crippen molar-refractivity contribution in [1.82, 2.24) is 0 Å². The van der Waals surface area contributed by atoms with Gasteiger partial charge in [0.2, 0.25) is 0 Å². The molecule has 0 saturated heterocycles. The van der Waals surface area contributed by atoms with Crippen molar-refractivity contribution < 1.29 is 9.84 Å². The lowest BCUT2D eigenvalue weighted by Crippen LogP contribution is -2.04. The first kappa shape index (κ1) is 14.2. The van der Waals surface area contributed by atoms with Gasteiger partial charge in [-0.15, -0.1) is 0 Å². The molecule has 1 unspecified atom stereocenters. The number of aliphatic hydroxyl groups excluding tert-OH is 1. The lowest BCUT2D eigenvalue weighted by atomic mass is 10.1. The zero-order valence-electron chi connectivity index (χ0n) is 12.5. The Balaban J connectivity index is 1.59. The molecule has 1 aliphatic rings. The number of aliphatic hydroxyl groups is 1. The third-order valence-corrected chi connectivity index (χ3v) is 4.02. The van der Waals surface area contributed by atoms with Gasteiger partial charge in [-0.1, -0.05) is 30.3 Å². The summed E-state index contributed by atoms with van der Waals surface area (Å²) in [6.45, 7) is 2.42. The maximum atomic E-state index is 9.37. The molecule has 1 aliphatic carbocycles. The minimum atomic E-state index is -0.303. The number of hydrogen-bond donors (Lipinski definition) is 1. The molecule has 110 valence electrons. The van der Waals surface area contributed by atoms with Crippen LogP contribution in [0.3, 0.4) is 0 Å². The summed E-state index contributed by atoms with van der Waals surface area (Å²) in [5.74, 6) is 0.879.